The van der Waals surface area contributed by atoms with E-state index in [1.165, 1.54) is 17.0 Å². The Hall–Kier alpha value is -2.28. The van der Waals surface area contributed by atoms with Gasteiger partial charge in [0, 0.05) is 33.7 Å². The SMILES string of the molecule is CN(C)C(=O)NCCNCCOc1cccc(C(=O)O)c1. The summed E-state index contributed by atoms with van der Waals surface area (Å²) in [6.07, 6.45) is 0. The van der Waals surface area contributed by atoms with Gasteiger partial charge in [-0.25, -0.2) is 9.59 Å². The molecule has 116 valence electrons. The van der Waals surface area contributed by atoms with Gasteiger partial charge in [-0.2, -0.15) is 0 Å². The van der Waals surface area contributed by atoms with Gasteiger partial charge in [-0.3, -0.25) is 0 Å². The van der Waals surface area contributed by atoms with E-state index in [1.807, 2.05) is 0 Å². The number of hydrogen-bond donors (Lipinski definition) is 3. The lowest BCUT2D eigenvalue weighted by Gasteiger charge is -2.12. The van der Waals surface area contributed by atoms with Gasteiger partial charge in [0.1, 0.15) is 12.4 Å². The molecule has 1 aromatic carbocycles. The molecular weight excluding hydrogens is 274 g/mol. The highest BCUT2D eigenvalue weighted by Gasteiger charge is 2.03. The number of carbonyl (C=O) groups excluding carboxylic acids is 1. The molecule has 0 aromatic heterocycles. The largest absolute Gasteiger partial charge is 0.492 e. The normalized spacial score (nSPS) is 10.0. The van der Waals surface area contributed by atoms with Crippen LogP contribution in [0, 0.1) is 0 Å². The Morgan fingerprint density at radius 1 is 1.24 bits per heavy atom. The molecule has 0 aliphatic carbocycles. The molecule has 0 saturated heterocycles. The van der Waals surface area contributed by atoms with Gasteiger partial charge < -0.3 is 25.4 Å². The van der Waals surface area contributed by atoms with Crippen molar-refractivity contribution in [1.29, 1.82) is 0 Å². The van der Waals surface area contributed by atoms with Crippen LogP contribution in [0.1, 0.15) is 10.4 Å². The Bertz CT molecular complexity index is 477. The number of ether oxygens (including phenoxy) is 1. The van der Waals surface area contributed by atoms with E-state index in [0.29, 0.717) is 32.0 Å². The first-order valence-electron chi connectivity index (χ1n) is 6.62. The number of carbonyl (C=O) groups is 2. The highest BCUT2D eigenvalue weighted by Crippen LogP contribution is 2.12. The van der Waals surface area contributed by atoms with Gasteiger partial charge in [-0.1, -0.05) is 6.07 Å². The van der Waals surface area contributed by atoms with E-state index in [4.69, 9.17) is 9.84 Å². The van der Waals surface area contributed by atoms with Gasteiger partial charge in [0.05, 0.1) is 5.56 Å². The number of aromatic carboxylic acids is 1. The number of urea groups is 1. The van der Waals surface area contributed by atoms with E-state index < -0.39 is 5.97 Å². The second-order valence-electron chi connectivity index (χ2n) is 4.56. The number of carboxylic acids is 1. The predicted octanol–water partition coefficient (Wildman–Crippen LogP) is 0.624. The number of hydrogen-bond acceptors (Lipinski definition) is 4. The van der Waals surface area contributed by atoms with Crippen molar-refractivity contribution in [1.82, 2.24) is 15.5 Å². The monoisotopic (exact) mass is 295 g/mol. The minimum absolute atomic E-state index is 0.126. The van der Waals surface area contributed by atoms with Crippen LogP contribution >= 0.6 is 0 Å². The lowest BCUT2D eigenvalue weighted by molar-refractivity contribution is 0.0696. The molecule has 2 amide bonds. The number of amides is 2. The molecule has 0 spiro atoms. The summed E-state index contributed by atoms with van der Waals surface area (Å²) in [5, 5.41) is 14.7. The Morgan fingerprint density at radius 2 is 2.00 bits per heavy atom. The zero-order chi connectivity index (χ0) is 15.7. The molecule has 0 bridgehead atoms. The lowest BCUT2D eigenvalue weighted by Crippen LogP contribution is -2.39. The predicted molar refractivity (Wildman–Crippen MR) is 78.9 cm³/mol. The summed E-state index contributed by atoms with van der Waals surface area (Å²) in [6.45, 7) is 2.20. The zero-order valence-electron chi connectivity index (χ0n) is 12.3. The number of nitrogens with zero attached hydrogens (tertiary/aromatic N) is 1. The molecule has 7 heteroatoms. The topological polar surface area (TPSA) is 90.9 Å². The van der Waals surface area contributed by atoms with Crippen LogP contribution in [0.2, 0.25) is 0 Å². The van der Waals surface area contributed by atoms with Crippen molar-refractivity contribution < 1.29 is 19.4 Å². The highest BCUT2D eigenvalue weighted by molar-refractivity contribution is 5.87. The quantitative estimate of drug-likeness (QED) is 0.612. The summed E-state index contributed by atoms with van der Waals surface area (Å²) in [5.41, 5.74) is 0.201. The molecule has 0 unspecified atom stereocenters. The van der Waals surface area contributed by atoms with Crippen LogP contribution < -0.4 is 15.4 Å². The number of rotatable bonds is 8. The van der Waals surface area contributed by atoms with Crippen LogP contribution in [0.25, 0.3) is 0 Å². The molecule has 3 N–H and O–H groups in total. The minimum atomic E-state index is -0.977. The van der Waals surface area contributed by atoms with Gasteiger partial charge >= 0.3 is 12.0 Å². The fourth-order valence-corrected chi connectivity index (χ4v) is 1.50. The first-order chi connectivity index (χ1) is 10.0. The average Bonchev–Trinajstić information content (AvgIpc) is 2.46. The van der Waals surface area contributed by atoms with Crippen molar-refractivity contribution in [3.05, 3.63) is 29.8 Å². The van der Waals surface area contributed by atoms with Crippen molar-refractivity contribution >= 4 is 12.0 Å². The van der Waals surface area contributed by atoms with Crippen molar-refractivity contribution in [2.45, 2.75) is 0 Å². The number of nitrogens with one attached hydrogen (secondary N) is 2. The van der Waals surface area contributed by atoms with Crippen LogP contribution in [0.15, 0.2) is 24.3 Å². The summed E-state index contributed by atoms with van der Waals surface area (Å²) in [4.78, 5) is 23.5. The third kappa shape index (κ3) is 6.62. The first kappa shape index (κ1) is 16.8. The molecule has 1 aromatic rings. The summed E-state index contributed by atoms with van der Waals surface area (Å²) < 4.78 is 5.44. The third-order valence-corrected chi connectivity index (χ3v) is 2.61. The summed E-state index contributed by atoms with van der Waals surface area (Å²) in [5.74, 6) is -0.451. The zero-order valence-corrected chi connectivity index (χ0v) is 12.3. The smallest absolute Gasteiger partial charge is 0.335 e. The molecule has 0 atom stereocenters. The first-order valence-corrected chi connectivity index (χ1v) is 6.62. The molecule has 0 aliphatic rings. The van der Waals surface area contributed by atoms with Crippen LogP contribution in [-0.2, 0) is 0 Å². The van der Waals surface area contributed by atoms with Crippen LogP contribution in [0.3, 0.4) is 0 Å². The van der Waals surface area contributed by atoms with Gasteiger partial charge in [-0.05, 0) is 18.2 Å². The molecule has 1 rings (SSSR count). The minimum Gasteiger partial charge on any atom is -0.492 e. The molecule has 0 heterocycles. The van der Waals surface area contributed by atoms with Crippen molar-refractivity contribution in [2.24, 2.45) is 0 Å². The fourth-order valence-electron chi connectivity index (χ4n) is 1.50. The molecule has 7 nitrogen and oxygen atoms in total. The van der Waals surface area contributed by atoms with Crippen LogP contribution in [-0.4, -0.2) is 62.3 Å². The summed E-state index contributed by atoms with van der Waals surface area (Å²) in [6, 6.07) is 6.23. The van der Waals surface area contributed by atoms with E-state index in [2.05, 4.69) is 10.6 Å². The summed E-state index contributed by atoms with van der Waals surface area (Å²) >= 11 is 0. The summed E-state index contributed by atoms with van der Waals surface area (Å²) in [7, 11) is 3.36. The molecule has 0 saturated carbocycles. The second-order valence-corrected chi connectivity index (χ2v) is 4.56. The molecule has 0 aliphatic heterocycles. The Morgan fingerprint density at radius 3 is 2.67 bits per heavy atom. The second kappa shape index (κ2) is 8.80. The number of carboxylic acid groups (broad SMARTS) is 1. The van der Waals surface area contributed by atoms with Crippen molar-refractivity contribution in [2.75, 3.05) is 40.3 Å². The van der Waals surface area contributed by atoms with Gasteiger partial charge in [0.15, 0.2) is 0 Å². The number of benzene rings is 1. The fraction of sp³-hybridized carbons (Fsp3) is 0.429. The maximum atomic E-state index is 11.2. The van der Waals surface area contributed by atoms with Gasteiger partial charge in [-0.15, -0.1) is 0 Å². The van der Waals surface area contributed by atoms with E-state index in [-0.39, 0.29) is 11.6 Å². The van der Waals surface area contributed by atoms with Gasteiger partial charge in [0.25, 0.3) is 0 Å². The van der Waals surface area contributed by atoms with E-state index >= 15 is 0 Å². The third-order valence-electron chi connectivity index (χ3n) is 2.61. The van der Waals surface area contributed by atoms with Gasteiger partial charge in [0.2, 0.25) is 0 Å². The van der Waals surface area contributed by atoms with Crippen molar-refractivity contribution in [3.8, 4) is 5.75 Å². The Labute approximate surface area is 123 Å². The maximum Gasteiger partial charge on any atom is 0.335 e. The average molecular weight is 295 g/mol. The molecular formula is C14H21N3O4. The maximum absolute atomic E-state index is 11.2. The lowest BCUT2D eigenvalue weighted by atomic mass is 10.2. The molecule has 0 radical (unpaired) electrons. The van der Waals surface area contributed by atoms with Crippen molar-refractivity contribution in [3.63, 3.8) is 0 Å². The van der Waals surface area contributed by atoms with Crippen LogP contribution in [0.4, 0.5) is 4.79 Å². The van der Waals surface area contributed by atoms with E-state index in [1.54, 1.807) is 26.2 Å². The highest BCUT2D eigenvalue weighted by atomic mass is 16.5. The Kier molecular flexibility index (Phi) is 7.03. The van der Waals surface area contributed by atoms with E-state index in [0.717, 1.165) is 0 Å². The molecule has 21 heavy (non-hydrogen) atoms. The van der Waals surface area contributed by atoms with E-state index in [9.17, 15) is 9.59 Å². The standard InChI is InChI=1S/C14H21N3O4/c1-17(2)14(20)16-7-6-15-8-9-21-12-5-3-4-11(10-12)13(18)19/h3-5,10,15H,6-9H2,1-2H3,(H,16,20)(H,18,19). The Balaban J connectivity index is 2.13. The van der Waals surface area contributed by atoms with Crippen LogP contribution in [0.5, 0.6) is 5.75 Å². The molecule has 0 fully saturated rings.